The number of rotatable bonds is 5. The molecule has 22 heavy (non-hydrogen) atoms. The molecule has 1 aromatic heterocycles. The van der Waals surface area contributed by atoms with Gasteiger partial charge < -0.3 is 5.32 Å². The number of carbonyl (C=O) groups is 1. The Bertz CT molecular complexity index is 744. The minimum atomic E-state index is -0.580. The van der Waals surface area contributed by atoms with Gasteiger partial charge in [-0.1, -0.05) is 47.5 Å². The molecule has 1 aromatic carbocycles. The van der Waals surface area contributed by atoms with E-state index in [4.69, 9.17) is 23.2 Å². The van der Waals surface area contributed by atoms with Crippen molar-refractivity contribution in [1.29, 1.82) is 0 Å². The summed E-state index contributed by atoms with van der Waals surface area (Å²) in [5, 5.41) is 6.48. The molecule has 2 aromatic rings. The zero-order chi connectivity index (χ0) is 16.1. The molecule has 7 heteroatoms. The van der Waals surface area contributed by atoms with Gasteiger partial charge in [-0.15, -0.1) is 0 Å². The van der Waals surface area contributed by atoms with Gasteiger partial charge in [0.1, 0.15) is 11.6 Å². The van der Waals surface area contributed by atoms with Crippen molar-refractivity contribution in [2.24, 2.45) is 0 Å². The lowest BCUT2D eigenvalue weighted by Crippen LogP contribution is -2.34. The average molecular weight is 340 g/mol. The molecule has 0 fully saturated rings. The zero-order valence-electron chi connectivity index (χ0n) is 12.0. The first kappa shape index (κ1) is 16.5. The summed E-state index contributed by atoms with van der Waals surface area (Å²) in [6.07, 6.45) is 1.97. The maximum absolute atomic E-state index is 11.8. The minimum absolute atomic E-state index is 0.0721. The second-order valence-electron chi connectivity index (χ2n) is 4.80. The van der Waals surface area contributed by atoms with E-state index in [9.17, 15) is 9.59 Å². The van der Waals surface area contributed by atoms with Crippen LogP contribution in [0.25, 0.3) is 0 Å². The monoisotopic (exact) mass is 339 g/mol. The molecule has 0 unspecified atom stereocenters. The van der Waals surface area contributed by atoms with Crippen molar-refractivity contribution in [2.75, 3.05) is 6.54 Å². The van der Waals surface area contributed by atoms with Gasteiger partial charge in [-0.2, -0.15) is 5.10 Å². The molecule has 0 bridgehead atoms. The molecule has 1 N–H and O–H groups in total. The summed E-state index contributed by atoms with van der Waals surface area (Å²) in [6, 6.07) is 7.98. The Hall–Kier alpha value is -1.85. The normalized spacial score (nSPS) is 10.5. The van der Waals surface area contributed by atoms with Crippen LogP contribution >= 0.6 is 23.2 Å². The second kappa shape index (κ2) is 7.42. The van der Waals surface area contributed by atoms with E-state index >= 15 is 0 Å². The van der Waals surface area contributed by atoms with E-state index in [-0.39, 0.29) is 22.5 Å². The first-order valence-corrected chi connectivity index (χ1v) is 7.47. The van der Waals surface area contributed by atoms with Crippen molar-refractivity contribution in [1.82, 2.24) is 15.1 Å². The molecule has 116 valence electrons. The van der Waals surface area contributed by atoms with Crippen LogP contribution in [0.5, 0.6) is 0 Å². The Labute approximate surface area is 137 Å². The van der Waals surface area contributed by atoms with Gasteiger partial charge in [-0.3, -0.25) is 9.59 Å². The number of nitrogens with one attached hydrogen (secondary N) is 1. The molecular formula is C15H15Cl2N3O2. The lowest BCUT2D eigenvalue weighted by Gasteiger charge is -2.08. The number of benzene rings is 1. The summed E-state index contributed by atoms with van der Waals surface area (Å²) in [4.78, 5) is 23.6. The number of aryl methyl sites for hydroxylation is 1. The van der Waals surface area contributed by atoms with Crippen molar-refractivity contribution >= 4 is 29.1 Å². The van der Waals surface area contributed by atoms with Crippen LogP contribution in [0.1, 0.15) is 11.1 Å². The second-order valence-corrected chi connectivity index (χ2v) is 5.58. The number of nitrogens with zero attached hydrogens (tertiary/aromatic N) is 2. The average Bonchev–Trinajstić information content (AvgIpc) is 2.50. The van der Waals surface area contributed by atoms with Gasteiger partial charge in [-0.05, 0) is 24.5 Å². The molecule has 0 spiro atoms. The highest BCUT2D eigenvalue weighted by Gasteiger charge is 2.10. The highest BCUT2D eigenvalue weighted by Crippen LogP contribution is 2.14. The molecular weight excluding hydrogens is 325 g/mol. The molecule has 1 amide bonds. The third-order valence-electron chi connectivity index (χ3n) is 3.21. The maximum atomic E-state index is 11.8. The Morgan fingerprint density at radius 1 is 1.32 bits per heavy atom. The molecule has 1 heterocycles. The number of carbonyl (C=O) groups excluding carboxylic acids is 1. The van der Waals surface area contributed by atoms with Gasteiger partial charge in [0.15, 0.2) is 0 Å². The van der Waals surface area contributed by atoms with E-state index in [2.05, 4.69) is 10.4 Å². The minimum Gasteiger partial charge on any atom is -0.354 e. The summed E-state index contributed by atoms with van der Waals surface area (Å²) in [5.41, 5.74) is 1.77. The molecule has 0 saturated heterocycles. The summed E-state index contributed by atoms with van der Waals surface area (Å²) < 4.78 is 0.983. The maximum Gasteiger partial charge on any atom is 0.287 e. The number of hydrogen-bond acceptors (Lipinski definition) is 3. The van der Waals surface area contributed by atoms with Gasteiger partial charge in [0.2, 0.25) is 5.91 Å². The number of hydrogen-bond donors (Lipinski definition) is 1. The zero-order valence-corrected chi connectivity index (χ0v) is 13.5. The molecule has 0 aliphatic carbocycles. The van der Waals surface area contributed by atoms with Crippen LogP contribution in [0, 0.1) is 6.92 Å². The van der Waals surface area contributed by atoms with Crippen molar-refractivity contribution in [3.05, 3.63) is 62.0 Å². The Morgan fingerprint density at radius 2 is 2.05 bits per heavy atom. The van der Waals surface area contributed by atoms with Gasteiger partial charge in [0, 0.05) is 6.54 Å². The largest absolute Gasteiger partial charge is 0.354 e. The summed E-state index contributed by atoms with van der Waals surface area (Å²) in [7, 11) is 0. The van der Waals surface area contributed by atoms with Crippen LogP contribution in [0.2, 0.25) is 10.0 Å². The first-order valence-electron chi connectivity index (χ1n) is 6.71. The summed E-state index contributed by atoms with van der Waals surface area (Å²) >= 11 is 11.4. The van der Waals surface area contributed by atoms with Crippen LogP contribution in [-0.2, 0) is 17.8 Å². The number of amides is 1. The number of halogens is 2. The SMILES string of the molecule is Cc1ccccc1CCNC(=O)Cn1ncc(Cl)c(Cl)c1=O. The van der Waals surface area contributed by atoms with Gasteiger partial charge in [-0.25, -0.2) is 4.68 Å². The molecule has 0 aliphatic heterocycles. The van der Waals surface area contributed by atoms with Crippen LogP contribution in [0.4, 0.5) is 0 Å². The van der Waals surface area contributed by atoms with E-state index in [1.165, 1.54) is 17.3 Å². The first-order chi connectivity index (χ1) is 10.5. The predicted molar refractivity (Wildman–Crippen MR) is 86.4 cm³/mol. The Kier molecular flexibility index (Phi) is 5.57. The van der Waals surface area contributed by atoms with E-state index < -0.39 is 5.56 Å². The Balaban J connectivity index is 1.90. The van der Waals surface area contributed by atoms with E-state index in [1.807, 2.05) is 31.2 Å². The van der Waals surface area contributed by atoms with Crippen molar-refractivity contribution in [3.63, 3.8) is 0 Å². The highest BCUT2D eigenvalue weighted by atomic mass is 35.5. The van der Waals surface area contributed by atoms with Crippen LogP contribution in [-0.4, -0.2) is 22.2 Å². The van der Waals surface area contributed by atoms with Crippen LogP contribution in [0.15, 0.2) is 35.3 Å². The third-order valence-corrected chi connectivity index (χ3v) is 3.96. The van der Waals surface area contributed by atoms with Crippen LogP contribution < -0.4 is 10.9 Å². The van der Waals surface area contributed by atoms with Crippen molar-refractivity contribution < 1.29 is 4.79 Å². The number of aromatic nitrogens is 2. The fourth-order valence-corrected chi connectivity index (χ4v) is 2.25. The molecule has 5 nitrogen and oxygen atoms in total. The lowest BCUT2D eigenvalue weighted by molar-refractivity contribution is -0.121. The van der Waals surface area contributed by atoms with Crippen molar-refractivity contribution in [2.45, 2.75) is 19.9 Å². The van der Waals surface area contributed by atoms with E-state index in [0.29, 0.717) is 6.54 Å². The van der Waals surface area contributed by atoms with Crippen molar-refractivity contribution in [3.8, 4) is 0 Å². The van der Waals surface area contributed by atoms with E-state index in [0.717, 1.165) is 11.1 Å². The fourth-order valence-electron chi connectivity index (χ4n) is 1.98. The molecule has 2 rings (SSSR count). The molecule has 0 aliphatic rings. The standard InChI is InChI=1S/C15H15Cl2N3O2/c1-10-4-2-3-5-11(10)6-7-18-13(21)9-20-15(22)14(17)12(16)8-19-20/h2-5,8H,6-7,9H2,1H3,(H,18,21). The third kappa shape index (κ3) is 4.08. The Morgan fingerprint density at radius 3 is 2.77 bits per heavy atom. The quantitative estimate of drug-likeness (QED) is 0.908. The lowest BCUT2D eigenvalue weighted by atomic mass is 10.1. The smallest absolute Gasteiger partial charge is 0.287 e. The predicted octanol–water partition coefficient (Wildman–Crippen LogP) is 2.22. The van der Waals surface area contributed by atoms with Gasteiger partial charge in [0.25, 0.3) is 5.56 Å². The van der Waals surface area contributed by atoms with Gasteiger partial charge >= 0.3 is 0 Å². The molecule has 0 atom stereocenters. The topological polar surface area (TPSA) is 64.0 Å². The van der Waals surface area contributed by atoms with Gasteiger partial charge in [0.05, 0.1) is 11.2 Å². The van der Waals surface area contributed by atoms with Crippen LogP contribution in [0.3, 0.4) is 0 Å². The summed E-state index contributed by atoms with van der Waals surface area (Å²) in [5.74, 6) is -0.304. The summed E-state index contributed by atoms with van der Waals surface area (Å²) in [6.45, 7) is 2.32. The molecule has 0 radical (unpaired) electrons. The highest BCUT2D eigenvalue weighted by molar-refractivity contribution is 6.41. The fraction of sp³-hybridized carbons (Fsp3) is 0.267. The van der Waals surface area contributed by atoms with E-state index in [1.54, 1.807) is 0 Å². The molecule has 0 saturated carbocycles.